The average Bonchev–Trinajstić information content (AvgIpc) is 2.76. The van der Waals surface area contributed by atoms with Crippen LogP contribution in [0.25, 0.3) is 0 Å². The number of amides is 1. The topological polar surface area (TPSA) is 103 Å². The van der Waals surface area contributed by atoms with Gasteiger partial charge in [0.25, 0.3) is 0 Å². The minimum atomic E-state index is -4.24. The third-order valence-corrected chi connectivity index (χ3v) is 5.62. The van der Waals surface area contributed by atoms with Crippen molar-refractivity contribution in [3.05, 3.63) is 71.8 Å². The van der Waals surface area contributed by atoms with Gasteiger partial charge in [-0.2, -0.15) is 0 Å². The van der Waals surface area contributed by atoms with E-state index in [0.717, 1.165) is 17.5 Å². The summed E-state index contributed by atoms with van der Waals surface area (Å²) in [6, 6.07) is 18.1. The molecule has 0 aromatic heterocycles. The lowest BCUT2D eigenvalue weighted by molar-refractivity contribution is -0.247. The maximum atomic E-state index is 13.0. The summed E-state index contributed by atoms with van der Waals surface area (Å²) < 4.78 is 27.2. The molecule has 158 valence electrons. The van der Waals surface area contributed by atoms with Gasteiger partial charge in [0.2, 0.25) is 0 Å². The smallest absolute Gasteiger partial charge is 0.408 e. The normalized spacial score (nSPS) is 14.0. The van der Waals surface area contributed by atoms with Gasteiger partial charge in [-0.3, -0.25) is 4.57 Å². The first-order valence-electron chi connectivity index (χ1n) is 9.32. The molecule has 1 amide bonds. The van der Waals surface area contributed by atoms with Gasteiger partial charge in [-0.05, 0) is 17.5 Å². The minimum absolute atomic E-state index is 0.0306. The van der Waals surface area contributed by atoms with Crippen LogP contribution in [0.15, 0.2) is 60.7 Å². The van der Waals surface area contributed by atoms with Crippen LogP contribution in [-0.4, -0.2) is 23.7 Å². The maximum Gasteiger partial charge on any atom is 0.408 e. The highest BCUT2D eigenvalue weighted by atomic mass is 31.2. The van der Waals surface area contributed by atoms with Crippen molar-refractivity contribution in [2.24, 2.45) is 0 Å². The molecule has 0 saturated carbocycles. The van der Waals surface area contributed by atoms with Gasteiger partial charge >= 0.3 is 13.7 Å². The molecule has 2 unspecified atom stereocenters. The molecule has 2 aromatic rings. The zero-order chi connectivity index (χ0) is 21.0. The van der Waals surface area contributed by atoms with E-state index in [4.69, 9.17) is 14.3 Å². The van der Waals surface area contributed by atoms with Gasteiger partial charge in [0.1, 0.15) is 12.4 Å². The van der Waals surface area contributed by atoms with Crippen LogP contribution in [0, 0.1) is 0 Å². The van der Waals surface area contributed by atoms with Crippen molar-refractivity contribution in [2.75, 3.05) is 6.61 Å². The largest absolute Gasteiger partial charge is 0.445 e. The van der Waals surface area contributed by atoms with Crippen LogP contribution in [0.3, 0.4) is 0 Å². The van der Waals surface area contributed by atoms with Crippen molar-refractivity contribution in [1.82, 2.24) is 5.32 Å². The molecule has 0 aliphatic carbocycles. The molecule has 9 heteroatoms. The van der Waals surface area contributed by atoms with Gasteiger partial charge in [0.05, 0.1) is 6.61 Å². The lowest BCUT2D eigenvalue weighted by Gasteiger charge is -2.24. The molecular formula is C20H26NO7P. The summed E-state index contributed by atoms with van der Waals surface area (Å²) in [6.07, 6.45) is 0.743. The highest BCUT2D eigenvalue weighted by Crippen LogP contribution is 2.52. The number of hydrogen-bond donors (Lipinski definition) is 2. The van der Waals surface area contributed by atoms with Gasteiger partial charge < -0.3 is 10.1 Å². The summed E-state index contributed by atoms with van der Waals surface area (Å²) in [6.45, 7) is 2.15. The Bertz CT molecular complexity index is 773. The van der Waals surface area contributed by atoms with E-state index in [1.165, 1.54) is 0 Å². The average molecular weight is 423 g/mol. The number of benzene rings is 2. The van der Waals surface area contributed by atoms with Gasteiger partial charge in [-0.25, -0.2) is 14.9 Å². The molecule has 0 heterocycles. The number of unbranched alkanes of at least 4 members (excludes halogenated alkanes) is 1. The van der Waals surface area contributed by atoms with E-state index in [1.54, 1.807) is 36.4 Å². The molecule has 2 rings (SSSR count). The van der Waals surface area contributed by atoms with E-state index in [2.05, 4.69) is 9.99 Å². The standard InChI is InChI=1S/C20H26NO7P/c1-2-3-14-26-28-29(24,27-23)19(15-17-10-6-4-7-11-17)21-20(22)25-16-18-12-8-5-9-13-18/h4-13,19,23H,2-3,14-16H2,1H3,(H,21,22). The highest BCUT2D eigenvalue weighted by molar-refractivity contribution is 7.54. The first-order chi connectivity index (χ1) is 14.1. The summed E-state index contributed by atoms with van der Waals surface area (Å²) in [5.41, 5.74) is 1.54. The number of carbonyl (C=O) groups is 1. The van der Waals surface area contributed by atoms with Gasteiger partial charge in [0, 0.05) is 6.42 Å². The Balaban J connectivity index is 2.06. The van der Waals surface area contributed by atoms with Crippen molar-refractivity contribution in [1.29, 1.82) is 0 Å². The van der Waals surface area contributed by atoms with E-state index in [-0.39, 0.29) is 19.6 Å². The van der Waals surface area contributed by atoms with Crippen molar-refractivity contribution < 1.29 is 33.6 Å². The van der Waals surface area contributed by atoms with Gasteiger partial charge in [0.15, 0.2) is 0 Å². The predicted molar refractivity (Wildman–Crippen MR) is 107 cm³/mol. The Morgan fingerprint density at radius 1 is 1.07 bits per heavy atom. The molecule has 2 aromatic carbocycles. The molecule has 0 spiro atoms. The summed E-state index contributed by atoms with van der Waals surface area (Å²) >= 11 is 0. The van der Waals surface area contributed by atoms with E-state index in [1.807, 2.05) is 31.2 Å². The monoisotopic (exact) mass is 423 g/mol. The maximum absolute atomic E-state index is 13.0. The zero-order valence-corrected chi connectivity index (χ0v) is 17.1. The molecule has 2 N–H and O–H groups in total. The minimum Gasteiger partial charge on any atom is -0.445 e. The first-order valence-corrected chi connectivity index (χ1v) is 10.9. The van der Waals surface area contributed by atoms with Crippen molar-refractivity contribution in [2.45, 2.75) is 38.6 Å². The molecular weight excluding hydrogens is 397 g/mol. The first kappa shape index (κ1) is 23.1. The van der Waals surface area contributed by atoms with Crippen LogP contribution in [0.2, 0.25) is 0 Å². The van der Waals surface area contributed by atoms with Crippen LogP contribution < -0.4 is 5.32 Å². The molecule has 0 fully saturated rings. The van der Waals surface area contributed by atoms with E-state index >= 15 is 0 Å². The molecule has 29 heavy (non-hydrogen) atoms. The van der Waals surface area contributed by atoms with Crippen molar-refractivity contribution >= 4 is 13.7 Å². The number of nitrogens with one attached hydrogen (secondary N) is 1. The molecule has 0 aliphatic rings. The van der Waals surface area contributed by atoms with Crippen molar-refractivity contribution in [3.63, 3.8) is 0 Å². The SMILES string of the molecule is CCCCOOP(=O)(OO)C(Cc1ccccc1)NC(=O)OCc1ccccc1. The van der Waals surface area contributed by atoms with Crippen LogP contribution in [-0.2, 0) is 36.6 Å². The fourth-order valence-electron chi connectivity index (χ4n) is 2.42. The van der Waals surface area contributed by atoms with Gasteiger partial charge in [-0.15, -0.1) is 9.35 Å². The van der Waals surface area contributed by atoms with Crippen LogP contribution in [0.5, 0.6) is 0 Å². The second-order valence-corrected chi connectivity index (χ2v) is 8.30. The molecule has 8 nitrogen and oxygen atoms in total. The number of rotatable bonds is 12. The number of hydrogen-bond acceptors (Lipinski definition) is 7. The quantitative estimate of drug-likeness (QED) is 0.216. The Morgan fingerprint density at radius 2 is 1.69 bits per heavy atom. The lowest BCUT2D eigenvalue weighted by Crippen LogP contribution is -2.37. The fraction of sp³-hybridized carbons (Fsp3) is 0.350. The summed E-state index contributed by atoms with van der Waals surface area (Å²) in [4.78, 5) is 17.2. The molecule has 0 radical (unpaired) electrons. The Kier molecular flexibility index (Phi) is 9.83. The molecule has 0 saturated heterocycles. The third kappa shape index (κ3) is 7.97. The lowest BCUT2D eigenvalue weighted by atomic mass is 10.1. The van der Waals surface area contributed by atoms with E-state index in [9.17, 15) is 14.6 Å². The Morgan fingerprint density at radius 3 is 2.28 bits per heavy atom. The summed E-state index contributed by atoms with van der Waals surface area (Å²) in [7, 11) is -4.24. The summed E-state index contributed by atoms with van der Waals surface area (Å²) in [5.74, 6) is -1.22. The highest BCUT2D eigenvalue weighted by Gasteiger charge is 2.40. The van der Waals surface area contributed by atoms with Gasteiger partial charge in [-0.1, -0.05) is 74.0 Å². The second kappa shape index (κ2) is 12.4. The number of alkyl carbamates (subject to hydrolysis) is 1. The summed E-state index contributed by atoms with van der Waals surface area (Å²) in [5, 5.41) is 11.7. The van der Waals surface area contributed by atoms with E-state index < -0.39 is 19.5 Å². The van der Waals surface area contributed by atoms with Crippen LogP contribution in [0.1, 0.15) is 30.9 Å². The van der Waals surface area contributed by atoms with Crippen LogP contribution in [0.4, 0.5) is 4.79 Å². The second-order valence-electron chi connectivity index (χ2n) is 6.28. The number of ether oxygens (including phenoxy) is 1. The third-order valence-electron chi connectivity index (χ3n) is 4.00. The van der Waals surface area contributed by atoms with E-state index in [0.29, 0.717) is 6.42 Å². The Labute approximate surface area is 170 Å². The zero-order valence-electron chi connectivity index (χ0n) is 16.2. The Hall–Kier alpha value is -2.22. The fourth-order valence-corrected chi connectivity index (χ4v) is 3.58. The predicted octanol–water partition coefficient (Wildman–Crippen LogP) is 4.91. The number of carbonyl (C=O) groups excluding carboxylic acids is 1. The molecule has 0 aliphatic heterocycles. The van der Waals surface area contributed by atoms with Crippen molar-refractivity contribution in [3.8, 4) is 0 Å². The molecule has 0 bridgehead atoms. The molecule has 2 atom stereocenters. The van der Waals surface area contributed by atoms with Crippen LogP contribution >= 0.6 is 7.60 Å².